The molecule has 1 atom stereocenters. The van der Waals surface area contributed by atoms with E-state index in [0.29, 0.717) is 0 Å². The second-order valence-electron chi connectivity index (χ2n) is 2.81. The van der Waals surface area contributed by atoms with Gasteiger partial charge in [-0.1, -0.05) is 12.1 Å². The highest BCUT2D eigenvalue weighted by Gasteiger charge is 2.20. The summed E-state index contributed by atoms with van der Waals surface area (Å²) in [5, 5.41) is 0. The van der Waals surface area contributed by atoms with Crippen molar-refractivity contribution in [3.8, 4) is 0 Å². The van der Waals surface area contributed by atoms with Crippen LogP contribution in [0.5, 0.6) is 0 Å². The zero-order valence-corrected chi connectivity index (χ0v) is 7.10. The molecule has 1 nitrogen and oxygen atoms in total. The molecule has 0 amide bonds. The quantitative estimate of drug-likeness (QED) is 0.759. The molecular formula is C9H10F3N. The molecule has 4 heteroatoms. The number of alkyl halides is 2. The number of hydrogen-bond donors (Lipinski definition) is 1. The van der Waals surface area contributed by atoms with Gasteiger partial charge in [-0.3, -0.25) is 0 Å². The first-order valence-corrected chi connectivity index (χ1v) is 3.82. The van der Waals surface area contributed by atoms with Gasteiger partial charge in [-0.25, -0.2) is 13.2 Å². The largest absolute Gasteiger partial charge is 0.319 e. The molecule has 0 aliphatic heterocycles. The first kappa shape index (κ1) is 10.1. The standard InChI is InChI=1S/C9H10F3N/c1-5-6(8(13)9(11)12)3-2-4-7(5)10/h2-4,8-9H,13H2,1H3/t8-/m0/s1. The fourth-order valence-corrected chi connectivity index (χ4v) is 1.12. The summed E-state index contributed by atoms with van der Waals surface area (Å²) in [6, 6.07) is 2.60. The SMILES string of the molecule is Cc1c(F)cccc1[C@H](N)C(F)F. The minimum absolute atomic E-state index is 0.162. The lowest BCUT2D eigenvalue weighted by atomic mass is 10.0. The summed E-state index contributed by atoms with van der Waals surface area (Å²) in [5.41, 5.74) is 5.54. The van der Waals surface area contributed by atoms with Crippen LogP contribution in [0.25, 0.3) is 0 Å². The maximum absolute atomic E-state index is 12.9. The second-order valence-corrected chi connectivity index (χ2v) is 2.81. The highest BCUT2D eigenvalue weighted by Crippen LogP contribution is 2.22. The second kappa shape index (κ2) is 3.79. The van der Waals surface area contributed by atoms with E-state index >= 15 is 0 Å². The van der Waals surface area contributed by atoms with Crippen molar-refractivity contribution in [2.24, 2.45) is 5.73 Å². The summed E-state index contributed by atoms with van der Waals surface area (Å²) in [6.45, 7) is 1.44. The monoisotopic (exact) mass is 189 g/mol. The summed E-state index contributed by atoms with van der Waals surface area (Å²) in [5.74, 6) is -0.506. The topological polar surface area (TPSA) is 26.0 Å². The lowest BCUT2D eigenvalue weighted by Crippen LogP contribution is -2.20. The van der Waals surface area contributed by atoms with Gasteiger partial charge in [-0.05, 0) is 24.1 Å². The van der Waals surface area contributed by atoms with E-state index < -0.39 is 18.3 Å². The Morgan fingerprint density at radius 2 is 1.92 bits per heavy atom. The molecule has 1 aromatic carbocycles. The van der Waals surface area contributed by atoms with Gasteiger partial charge in [0.25, 0.3) is 6.43 Å². The molecule has 0 saturated carbocycles. The van der Waals surface area contributed by atoms with Crippen LogP contribution >= 0.6 is 0 Å². The van der Waals surface area contributed by atoms with E-state index in [0.717, 1.165) is 0 Å². The summed E-state index contributed by atoms with van der Waals surface area (Å²) >= 11 is 0. The van der Waals surface area contributed by atoms with Gasteiger partial charge in [-0.2, -0.15) is 0 Å². The summed E-state index contributed by atoms with van der Waals surface area (Å²) in [6.07, 6.45) is -2.67. The highest BCUT2D eigenvalue weighted by molar-refractivity contribution is 5.30. The van der Waals surface area contributed by atoms with Crippen molar-refractivity contribution in [2.75, 3.05) is 0 Å². The van der Waals surface area contributed by atoms with E-state index in [2.05, 4.69) is 0 Å². The number of nitrogens with two attached hydrogens (primary N) is 1. The van der Waals surface area contributed by atoms with Crippen LogP contribution in [0.3, 0.4) is 0 Å². The molecule has 0 unspecified atom stereocenters. The summed E-state index contributed by atoms with van der Waals surface area (Å²) in [4.78, 5) is 0. The van der Waals surface area contributed by atoms with Gasteiger partial charge >= 0.3 is 0 Å². The normalized spacial score (nSPS) is 13.4. The number of rotatable bonds is 2. The molecule has 0 radical (unpaired) electrons. The van der Waals surface area contributed by atoms with Crippen molar-refractivity contribution in [1.29, 1.82) is 0 Å². The maximum Gasteiger partial charge on any atom is 0.257 e. The number of benzene rings is 1. The maximum atomic E-state index is 12.9. The van der Waals surface area contributed by atoms with Crippen LogP contribution in [-0.2, 0) is 0 Å². The fourth-order valence-electron chi connectivity index (χ4n) is 1.12. The number of hydrogen-bond acceptors (Lipinski definition) is 1. The van der Waals surface area contributed by atoms with Gasteiger partial charge in [0, 0.05) is 0 Å². The van der Waals surface area contributed by atoms with Crippen molar-refractivity contribution in [3.05, 3.63) is 35.1 Å². The van der Waals surface area contributed by atoms with Crippen LogP contribution in [0.15, 0.2) is 18.2 Å². The lowest BCUT2D eigenvalue weighted by Gasteiger charge is -2.13. The predicted molar refractivity (Wildman–Crippen MR) is 44.1 cm³/mol. The Morgan fingerprint density at radius 1 is 1.31 bits per heavy atom. The molecule has 0 aromatic heterocycles. The average molecular weight is 189 g/mol. The van der Waals surface area contributed by atoms with Crippen LogP contribution in [-0.4, -0.2) is 6.43 Å². The smallest absolute Gasteiger partial charge is 0.257 e. The van der Waals surface area contributed by atoms with Crippen LogP contribution in [0.4, 0.5) is 13.2 Å². The van der Waals surface area contributed by atoms with Gasteiger partial charge in [0.2, 0.25) is 0 Å². The Bertz CT molecular complexity index is 299. The molecule has 0 bridgehead atoms. The Morgan fingerprint density at radius 3 is 2.46 bits per heavy atom. The minimum Gasteiger partial charge on any atom is -0.319 e. The highest BCUT2D eigenvalue weighted by atomic mass is 19.3. The van der Waals surface area contributed by atoms with Crippen molar-refractivity contribution in [3.63, 3.8) is 0 Å². The molecule has 0 heterocycles. The van der Waals surface area contributed by atoms with Crippen molar-refractivity contribution in [2.45, 2.75) is 19.4 Å². The Hall–Kier alpha value is -1.03. The fraction of sp³-hybridized carbons (Fsp3) is 0.333. The Kier molecular flexibility index (Phi) is 2.93. The van der Waals surface area contributed by atoms with E-state index in [9.17, 15) is 13.2 Å². The first-order valence-electron chi connectivity index (χ1n) is 3.82. The van der Waals surface area contributed by atoms with Crippen molar-refractivity contribution >= 4 is 0 Å². The van der Waals surface area contributed by atoms with Crippen molar-refractivity contribution in [1.82, 2.24) is 0 Å². The van der Waals surface area contributed by atoms with E-state index in [4.69, 9.17) is 5.73 Å². The van der Waals surface area contributed by atoms with Gasteiger partial charge in [0.15, 0.2) is 0 Å². The van der Waals surface area contributed by atoms with Gasteiger partial charge in [0.05, 0.1) is 6.04 Å². The zero-order valence-electron chi connectivity index (χ0n) is 7.10. The van der Waals surface area contributed by atoms with E-state index in [1.165, 1.54) is 25.1 Å². The molecule has 0 saturated heterocycles. The van der Waals surface area contributed by atoms with Crippen LogP contribution in [0.2, 0.25) is 0 Å². The zero-order chi connectivity index (χ0) is 10.0. The van der Waals surface area contributed by atoms with Gasteiger partial charge in [0.1, 0.15) is 5.82 Å². The molecule has 1 aromatic rings. The summed E-state index contributed by atoms with van der Waals surface area (Å²) in [7, 11) is 0. The minimum atomic E-state index is -2.67. The third-order valence-corrected chi connectivity index (χ3v) is 1.94. The van der Waals surface area contributed by atoms with Gasteiger partial charge in [-0.15, -0.1) is 0 Å². The molecule has 0 fully saturated rings. The van der Waals surface area contributed by atoms with Crippen LogP contribution < -0.4 is 5.73 Å². The molecule has 72 valence electrons. The molecule has 1 rings (SSSR count). The third kappa shape index (κ3) is 2.01. The first-order chi connectivity index (χ1) is 6.04. The van der Waals surface area contributed by atoms with Gasteiger partial charge < -0.3 is 5.73 Å². The molecule has 13 heavy (non-hydrogen) atoms. The Labute approximate surface area is 74.4 Å². The molecular weight excluding hydrogens is 179 g/mol. The van der Waals surface area contributed by atoms with Crippen LogP contribution in [0.1, 0.15) is 17.2 Å². The summed E-state index contributed by atoms with van der Waals surface area (Å²) < 4.78 is 37.3. The van der Waals surface area contributed by atoms with E-state index in [-0.39, 0.29) is 11.1 Å². The molecule has 2 N–H and O–H groups in total. The van der Waals surface area contributed by atoms with Crippen LogP contribution in [0, 0.1) is 12.7 Å². The predicted octanol–water partition coefficient (Wildman–Crippen LogP) is 2.40. The Balaban J connectivity index is 3.07. The number of halogens is 3. The van der Waals surface area contributed by atoms with Crippen molar-refractivity contribution < 1.29 is 13.2 Å². The molecule has 0 aliphatic rings. The van der Waals surface area contributed by atoms with E-state index in [1.807, 2.05) is 0 Å². The lowest BCUT2D eigenvalue weighted by molar-refractivity contribution is 0.116. The average Bonchev–Trinajstić information content (AvgIpc) is 2.08. The third-order valence-electron chi connectivity index (χ3n) is 1.94. The van der Waals surface area contributed by atoms with E-state index in [1.54, 1.807) is 0 Å². The molecule has 0 aliphatic carbocycles. The molecule has 0 spiro atoms.